The van der Waals surface area contributed by atoms with E-state index in [0.29, 0.717) is 12.4 Å². The van der Waals surface area contributed by atoms with Crippen LogP contribution in [-0.2, 0) is 4.74 Å². The molecule has 15 heavy (non-hydrogen) atoms. The lowest BCUT2D eigenvalue weighted by Crippen LogP contribution is -2.01. The number of ether oxygens (including phenoxy) is 3. The first-order chi connectivity index (χ1) is 7.27. The third-order valence-corrected chi connectivity index (χ3v) is 1.60. The van der Waals surface area contributed by atoms with E-state index >= 15 is 0 Å². The highest BCUT2D eigenvalue weighted by Crippen LogP contribution is 2.22. The van der Waals surface area contributed by atoms with Crippen LogP contribution in [0.2, 0.25) is 0 Å². The monoisotopic (exact) mass is 212 g/mol. The summed E-state index contributed by atoms with van der Waals surface area (Å²) < 4.78 is 28.1. The van der Waals surface area contributed by atoms with Crippen molar-refractivity contribution < 1.29 is 18.6 Å². The van der Waals surface area contributed by atoms with Gasteiger partial charge in [0, 0.05) is 13.2 Å². The van der Waals surface area contributed by atoms with Crippen molar-refractivity contribution in [3.05, 3.63) is 36.7 Å². The highest BCUT2D eigenvalue weighted by molar-refractivity contribution is 5.33. The average Bonchev–Trinajstić information content (AvgIpc) is 2.25. The molecule has 0 radical (unpaired) electrons. The molecule has 0 atom stereocenters. The number of benzene rings is 1. The summed E-state index contributed by atoms with van der Waals surface area (Å²) in [5.74, 6) is 0.105. The molecule has 0 aliphatic rings. The summed E-state index contributed by atoms with van der Waals surface area (Å²) in [7, 11) is 1.47. The van der Waals surface area contributed by atoms with E-state index in [9.17, 15) is 4.39 Å². The maximum atomic E-state index is 13.3. The molecule has 0 saturated heterocycles. The summed E-state index contributed by atoms with van der Waals surface area (Å²) in [4.78, 5) is 0. The Morgan fingerprint density at radius 2 is 2.20 bits per heavy atom. The molecule has 0 aliphatic carbocycles. The average molecular weight is 212 g/mol. The van der Waals surface area contributed by atoms with Gasteiger partial charge in [-0.05, 0) is 12.1 Å². The van der Waals surface area contributed by atoms with Gasteiger partial charge in [0.25, 0.3) is 0 Å². The van der Waals surface area contributed by atoms with Gasteiger partial charge in [-0.1, -0.05) is 12.7 Å². The molecule has 0 fully saturated rings. The van der Waals surface area contributed by atoms with Crippen molar-refractivity contribution in [2.45, 2.75) is 0 Å². The van der Waals surface area contributed by atoms with Crippen LogP contribution < -0.4 is 9.47 Å². The number of halogens is 1. The van der Waals surface area contributed by atoms with Crippen molar-refractivity contribution in [1.82, 2.24) is 0 Å². The number of hydrogen-bond acceptors (Lipinski definition) is 3. The van der Waals surface area contributed by atoms with Gasteiger partial charge in [0.15, 0.2) is 18.4 Å². The molecule has 82 valence electrons. The van der Waals surface area contributed by atoms with Gasteiger partial charge >= 0.3 is 0 Å². The first-order valence-corrected chi connectivity index (χ1v) is 4.43. The van der Waals surface area contributed by atoms with E-state index in [0.717, 1.165) is 0 Å². The van der Waals surface area contributed by atoms with E-state index in [1.54, 1.807) is 12.1 Å². The van der Waals surface area contributed by atoms with E-state index in [-0.39, 0.29) is 12.5 Å². The third kappa shape index (κ3) is 3.59. The van der Waals surface area contributed by atoms with Gasteiger partial charge in [-0.3, -0.25) is 0 Å². The normalized spacial score (nSPS) is 9.73. The second-order valence-electron chi connectivity index (χ2n) is 2.74. The summed E-state index contributed by atoms with van der Waals surface area (Å²) in [5, 5.41) is 0. The first kappa shape index (κ1) is 11.5. The van der Waals surface area contributed by atoms with Crippen LogP contribution in [0.15, 0.2) is 30.9 Å². The van der Waals surface area contributed by atoms with E-state index in [1.165, 1.54) is 19.2 Å². The molecule has 1 aromatic rings. The molecule has 1 rings (SSSR count). The van der Waals surface area contributed by atoms with Crippen LogP contribution in [0.5, 0.6) is 11.5 Å². The van der Waals surface area contributed by atoms with Gasteiger partial charge in [-0.15, -0.1) is 0 Å². The lowest BCUT2D eigenvalue weighted by molar-refractivity contribution is 0.0482. The smallest absolute Gasteiger partial charge is 0.188 e. The van der Waals surface area contributed by atoms with Crippen LogP contribution >= 0.6 is 0 Å². The van der Waals surface area contributed by atoms with Crippen LogP contribution in [0.4, 0.5) is 4.39 Å². The van der Waals surface area contributed by atoms with E-state index in [2.05, 4.69) is 11.3 Å². The predicted molar refractivity (Wildman–Crippen MR) is 54.6 cm³/mol. The highest BCUT2D eigenvalue weighted by atomic mass is 19.1. The number of hydrogen-bond donors (Lipinski definition) is 0. The Morgan fingerprint density at radius 3 is 2.80 bits per heavy atom. The van der Waals surface area contributed by atoms with Crippen molar-refractivity contribution in [2.24, 2.45) is 0 Å². The zero-order chi connectivity index (χ0) is 11.1. The van der Waals surface area contributed by atoms with Crippen molar-refractivity contribution in [2.75, 3.05) is 20.5 Å². The van der Waals surface area contributed by atoms with Crippen molar-refractivity contribution in [3.8, 4) is 11.5 Å². The standard InChI is InChI=1S/C11H13FO3/c1-3-6-14-9-4-5-11(10(12)7-9)15-8-13-2/h3-5,7H,1,6,8H2,2H3. The van der Waals surface area contributed by atoms with Crippen molar-refractivity contribution in [1.29, 1.82) is 0 Å². The molecule has 0 unspecified atom stereocenters. The minimum Gasteiger partial charge on any atom is -0.489 e. The summed E-state index contributed by atoms with van der Waals surface area (Å²) in [6.45, 7) is 3.86. The maximum Gasteiger partial charge on any atom is 0.188 e. The predicted octanol–water partition coefficient (Wildman–Crippen LogP) is 2.37. The molecule has 0 N–H and O–H groups in total. The Hall–Kier alpha value is -1.55. The molecular weight excluding hydrogens is 199 g/mol. The SMILES string of the molecule is C=CCOc1ccc(OCOC)c(F)c1. The Morgan fingerprint density at radius 1 is 1.40 bits per heavy atom. The Bertz CT molecular complexity index is 326. The van der Waals surface area contributed by atoms with Crippen LogP contribution in [0.25, 0.3) is 0 Å². The lowest BCUT2D eigenvalue weighted by Gasteiger charge is -2.07. The Kier molecular flexibility index (Phi) is 4.63. The summed E-state index contributed by atoms with van der Waals surface area (Å²) in [6.07, 6.45) is 1.59. The van der Waals surface area contributed by atoms with Crippen molar-refractivity contribution in [3.63, 3.8) is 0 Å². The van der Waals surface area contributed by atoms with Crippen molar-refractivity contribution >= 4 is 0 Å². The van der Waals surface area contributed by atoms with E-state index < -0.39 is 5.82 Å². The third-order valence-electron chi connectivity index (χ3n) is 1.60. The minimum atomic E-state index is -0.478. The molecule has 0 aliphatic heterocycles. The van der Waals surface area contributed by atoms with Gasteiger partial charge < -0.3 is 14.2 Å². The Labute approximate surface area is 88.1 Å². The second-order valence-corrected chi connectivity index (χ2v) is 2.74. The van der Waals surface area contributed by atoms with Gasteiger partial charge in [-0.2, -0.15) is 0 Å². The number of methoxy groups -OCH3 is 1. The minimum absolute atomic E-state index is 0.0176. The fourth-order valence-corrected chi connectivity index (χ4v) is 0.966. The van der Waals surface area contributed by atoms with Gasteiger partial charge in [0.2, 0.25) is 0 Å². The molecule has 3 nitrogen and oxygen atoms in total. The van der Waals surface area contributed by atoms with Crippen LogP contribution in [0.1, 0.15) is 0 Å². The van der Waals surface area contributed by atoms with E-state index in [1.807, 2.05) is 0 Å². The van der Waals surface area contributed by atoms with Crippen LogP contribution in [0, 0.1) is 5.82 Å². The van der Waals surface area contributed by atoms with Crippen LogP contribution in [0.3, 0.4) is 0 Å². The zero-order valence-electron chi connectivity index (χ0n) is 8.53. The highest BCUT2D eigenvalue weighted by Gasteiger charge is 2.04. The largest absolute Gasteiger partial charge is 0.489 e. The summed E-state index contributed by atoms with van der Waals surface area (Å²) in [5.41, 5.74) is 0. The molecule has 0 amide bonds. The summed E-state index contributed by atoms with van der Waals surface area (Å²) >= 11 is 0. The quantitative estimate of drug-likeness (QED) is 0.535. The molecule has 0 saturated carbocycles. The van der Waals surface area contributed by atoms with Gasteiger partial charge in [0.05, 0.1) is 0 Å². The molecule has 0 aromatic heterocycles. The molecule has 0 heterocycles. The van der Waals surface area contributed by atoms with E-state index in [4.69, 9.17) is 9.47 Å². The fraction of sp³-hybridized carbons (Fsp3) is 0.273. The molecule has 4 heteroatoms. The van der Waals surface area contributed by atoms with Gasteiger partial charge in [0.1, 0.15) is 12.4 Å². The zero-order valence-corrected chi connectivity index (χ0v) is 8.53. The molecular formula is C11H13FO3. The lowest BCUT2D eigenvalue weighted by atomic mass is 10.3. The maximum absolute atomic E-state index is 13.3. The van der Waals surface area contributed by atoms with Gasteiger partial charge in [-0.25, -0.2) is 4.39 Å². The Balaban J connectivity index is 2.65. The first-order valence-electron chi connectivity index (χ1n) is 4.43. The molecule has 1 aromatic carbocycles. The fourth-order valence-electron chi connectivity index (χ4n) is 0.966. The van der Waals surface area contributed by atoms with Crippen LogP contribution in [-0.4, -0.2) is 20.5 Å². The molecule has 0 bridgehead atoms. The number of rotatable bonds is 6. The second kappa shape index (κ2) is 6.03. The molecule has 0 spiro atoms. The topological polar surface area (TPSA) is 27.7 Å². The summed E-state index contributed by atoms with van der Waals surface area (Å²) in [6, 6.07) is 4.37.